The van der Waals surface area contributed by atoms with Gasteiger partial charge in [0.05, 0.1) is 11.3 Å². The van der Waals surface area contributed by atoms with Crippen molar-refractivity contribution >= 4 is 45.7 Å². The van der Waals surface area contributed by atoms with Crippen molar-refractivity contribution in [2.45, 2.75) is 26.2 Å². The van der Waals surface area contributed by atoms with Gasteiger partial charge in [-0.05, 0) is 18.6 Å². The number of aryl methyl sites for hydroxylation is 1. The Morgan fingerprint density at radius 3 is 3.00 bits per heavy atom. The Morgan fingerprint density at radius 2 is 2.16 bits per heavy atom. The van der Waals surface area contributed by atoms with E-state index in [1.165, 1.54) is 11.3 Å². The van der Waals surface area contributed by atoms with E-state index in [4.69, 9.17) is 5.73 Å². The molecule has 2 N–H and O–H groups in total. The number of unbranched alkanes of at least 4 members (excludes halogenated alkanes) is 1. The van der Waals surface area contributed by atoms with E-state index in [1.807, 2.05) is 24.3 Å². The van der Waals surface area contributed by atoms with Gasteiger partial charge in [-0.3, -0.25) is 9.79 Å². The molecule has 0 spiro atoms. The Morgan fingerprint density at radius 1 is 1.32 bits per heavy atom. The Hall–Kier alpha value is -2.80. The van der Waals surface area contributed by atoms with Crippen molar-refractivity contribution in [3.8, 4) is 0 Å². The number of fused-ring (bicyclic) bond motifs is 2. The second-order valence-corrected chi connectivity index (χ2v) is 6.93. The molecule has 1 aliphatic heterocycles. The van der Waals surface area contributed by atoms with Crippen LogP contribution in [0.3, 0.4) is 0 Å². The topological polar surface area (TPSA) is 85.6 Å². The van der Waals surface area contributed by atoms with Gasteiger partial charge in [0.25, 0.3) is 5.56 Å². The van der Waals surface area contributed by atoms with Crippen LogP contribution in [-0.4, -0.2) is 20.8 Å². The zero-order chi connectivity index (χ0) is 17.4. The molecule has 1 aliphatic rings. The molecule has 0 saturated carbocycles. The molecular formula is C18H17N5OS. The number of rotatable bonds is 4. The molecule has 7 heteroatoms. The normalized spacial score (nSPS) is 14.5. The maximum atomic E-state index is 12.5. The molecule has 25 heavy (non-hydrogen) atoms. The van der Waals surface area contributed by atoms with Gasteiger partial charge in [-0.1, -0.05) is 42.9 Å². The quantitative estimate of drug-likeness (QED) is 0.781. The van der Waals surface area contributed by atoms with Gasteiger partial charge < -0.3 is 5.73 Å². The highest BCUT2D eigenvalue weighted by Gasteiger charge is 2.16. The third-order valence-corrected chi connectivity index (χ3v) is 5.10. The Bertz CT molecular complexity index is 1080. The van der Waals surface area contributed by atoms with Crippen molar-refractivity contribution in [2.75, 3.05) is 5.73 Å². The van der Waals surface area contributed by atoms with Crippen LogP contribution in [0.2, 0.25) is 0 Å². The molecule has 3 aromatic rings. The molecule has 0 fully saturated rings. The summed E-state index contributed by atoms with van der Waals surface area (Å²) in [5, 5.41) is 5.46. The molecule has 4 rings (SSSR count). The summed E-state index contributed by atoms with van der Waals surface area (Å²) in [6.07, 6.45) is 6.50. The first-order chi connectivity index (χ1) is 12.2. The van der Waals surface area contributed by atoms with Gasteiger partial charge in [0.15, 0.2) is 0 Å². The van der Waals surface area contributed by atoms with Gasteiger partial charge in [-0.2, -0.15) is 14.6 Å². The predicted molar refractivity (Wildman–Crippen MR) is 103 cm³/mol. The van der Waals surface area contributed by atoms with E-state index in [2.05, 4.69) is 22.0 Å². The van der Waals surface area contributed by atoms with Crippen LogP contribution in [-0.2, 0) is 6.42 Å². The summed E-state index contributed by atoms with van der Waals surface area (Å²) in [6.45, 7) is 2.13. The summed E-state index contributed by atoms with van der Waals surface area (Å²) in [5.41, 5.74) is 8.96. The first kappa shape index (κ1) is 15.7. The molecule has 0 atom stereocenters. The summed E-state index contributed by atoms with van der Waals surface area (Å²) >= 11 is 1.42. The highest BCUT2D eigenvalue weighted by molar-refractivity contribution is 7.16. The number of nitrogens with zero attached hydrogens (tertiary/aromatic N) is 4. The fourth-order valence-electron chi connectivity index (χ4n) is 2.80. The third kappa shape index (κ3) is 2.76. The Kier molecular flexibility index (Phi) is 3.93. The molecule has 2 aromatic heterocycles. The predicted octanol–water partition coefficient (Wildman–Crippen LogP) is 3.33. The van der Waals surface area contributed by atoms with Crippen LogP contribution in [0.1, 0.15) is 35.9 Å². The van der Waals surface area contributed by atoms with Crippen LogP contribution < -0.4 is 11.3 Å². The maximum absolute atomic E-state index is 12.5. The molecule has 0 bridgehead atoms. The number of hydrogen-bond donors (Lipinski definition) is 1. The van der Waals surface area contributed by atoms with E-state index in [0.29, 0.717) is 16.3 Å². The molecule has 0 amide bonds. The Balaban J connectivity index is 1.82. The lowest BCUT2D eigenvalue weighted by molar-refractivity contribution is 0.769. The van der Waals surface area contributed by atoms with E-state index >= 15 is 0 Å². The fourth-order valence-corrected chi connectivity index (χ4v) is 3.73. The van der Waals surface area contributed by atoms with Gasteiger partial charge in [0.1, 0.15) is 10.8 Å². The first-order valence-corrected chi connectivity index (χ1v) is 9.02. The van der Waals surface area contributed by atoms with Crippen molar-refractivity contribution in [1.29, 1.82) is 0 Å². The minimum atomic E-state index is -0.339. The molecule has 0 unspecified atom stereocenters. The van der Waals surface area contributed by atoms with E-state index in [-0.39, 0.29) is 5.56 Å². The number of benzene rings is 1. The lowest BCUT2D eigenvalue weighted by Gasteiger charge is -2.03. The number of anilines is 1. The molecule has 126 valence electrons. The van der Waals surface area contributed by atoms with Gasteiger partial charge in [0.2, 0.25) is 4.96 Å². The first-order valence-electron chi connectivity index (χ1n) is 8.20. The van der Waals surface area contributed by atoms with Crippen molar-refractivity contribution < 1.29 is 0 Å². The van der Waals surface area contributed by atoms with Gasteiger partial charge in [0, 0.05) is 23.8 Å². The second-order valence-electron chi connectivity index (χ2n) is 5.88. The van der Waals surface area contributed by atoms with Crippen molar-refractivity contribution in [1.82, 2.24) is 14.6 Å². The number of nitrogens with two attached hydrogens (primary N) is 1. The molecule has 0 aliphatic carbocycles. The van der Waals surface area contributed by atoms with Gasteiger partial charge >= 0.3 is 0 Å². The zero-order valence-corrected chi connectivity index (χ0v) is 14.6. The number of aromatic nitrogens is 3. The van der Waals surface area contributed by atoms with Crippen molar-refractivity contribution in [3.63, 3.8) is 0 Å². The summed E-state index contributed by atoms with van der Waals surface area (Å²) in [6, 6.07) is 7.78. The maximum Gasteiger partial charge on any atom is 0.283 e. The fraction of sp³-hybridized carbons (Fsp3) is 0.222. The van der Waals surface area contributed by atoms with Crippen molar-refractivity contribution in [3.05, 3.63) is 50.8 Å². The summed E-state index contributed by atoms with van der Waals surface area (Å²) in [5.74, 6) is 0.319. The average Bonchev–Trinajstić information content (AvgIpc) is 3.21. The van der Waals surface area contributed by atoms with Crippen LogP contribution in [0.25, 0.3) is 16.6 Å². The molecule has 0 saturated heterocycles. The van der Waals surface area contributed by atoms with Crippen LogP contribution in [0, 0.1) is 0 Å². The largest absolute Gasteiger partial charge is 0.383 e. The third-order valence-electron chi connectivity index (χ3n) is 4.14. The molecule has 3 heterocycles. The van der Waals surface area contributed by atoms with E-state index in [1.54, 1.807) is 16.8 Å². The number of allylic oxidation sites excluding steroid dienone is 1. The highest BCUT2D eigenvalue weighted by atomic mass is 32.1. The van der Waals surface area contributed by atoms with E-state index < -0.39 is 0 Å². The summed E-state index contributed by atoms with van der Waals surface area (Å²) in [7, 11) is 0. The van der Waals surface area contributed by atoms with Gasteiger partial charge in [-0.15, -0.1) is 0 Å². The smallest absolute Gasteiger partial charge is 0.283 e. The minimum absolute atomic E-state index is 0.319. The molecular weight excluding hydrogens is 334 g/mol. The average molecular weight is 351 g/mol. The van der Waals surface area contributed by atoms with Crippen LogP contribution in [0.15, 0.2) is 34.1 Å². The number of hydrogen-bond acceptors (Lipinski definition) is 6. The SMILES string of the molecule is CCCCc1nn2c(N)c(C=C3C=Nc4ccccc43)c(=O)nc2s1. The summed E-state index contributed by atoms with van der Waals surface area (Å²) < 4.78 is 1.57. The van der Waals surface area contributed by atoms with Crippen LogP contribution in [0.5, 0.6) is 0 Å². The number of aliphatic imine (C=N–C) groups is 1. The lowest BCUT2D eigenvalue weighted by Crippen LogP contribution is -2.16. The standard InChI is InChI=1S/C18H17N5OS/c1-2-3-8-15-22-23-16(19)13(17(24)21-18(23)25-15)9-11-10-20-14-7-5-4-6-12(11)14/h4-7,9-10H,2-3,8,19H2,1H3. The molecule has 6 nitrogen and oxygen atoms in total. The number of nitrogen functional groups attached to an aromatic ring is 1. The van der Waals surface area contributed by atoms with Gasteiger partial charge in [-0.25, -0.2) is 0 Å². The second kappa shape index (κ2) is 6.25. The lowest BCUT2D eigenvalue weighted by atomic mass is 10.1. The van der Waals surface area contributed by atoms with Crippen LogP contribution >= 0.6 is 11.3 Å². The monoisotopic (exact) mass is 351 g/mol. The molecule has 0 radical (unpaired) electrons. The van der Waals surface area contributed by atoms with E-state index in [0.717, 1.165) is 41.1 Å². The number of para-hydroxylation sites is 1. The Labute approximate surface area is 148 Å². The zero-order valence-electron chi connectivity index (χ0n) is 13.8. The van der Waals surface area contributed by atoms with Crippen LogP contribution in [0.4, 0.5) is 11.5 Å². The highest BCUT2D eigenvalue weighted by Crippen LogP contribution is 2.32. The summed E-state index contributed by atoms with van der Waals surface area (Å²) in [4.78, 5) is 21.5. The molecule has 1 aromatic carbocycles. The minimum Gasteiger partial charge on any atom is -0.383 e. The van der Waals surface area contributed by atoms with Crippen molar-refractivity contribution in [2.24, 2.45) is 4.99 Å². The van der Waals surface area contributed by atoms with E-state index in [9.17, 15) is 4.79 Å².